The zero-order chi connectivity index (χ0) is 16.2. The minimum atomic E-state index is -0.215. The lowest BCUT2D eigenvalue weighted by Gasteiger charge is -2.31. The number of carbonyl (C=O) groups is 1. The molecule has 1 N–H and O–H groups in total. The fourth-order valence-corrected chi connectivity index (χ4v) is 3.11. The summed E-state index contributed by atoms with van der Waals surface area (Å²) in [5.41, 5.74) is 4.95. The molecule has 120 valence electrons. The molecule has 0 saturated heterocycles. The second kappa shape index (κ2) is 6.86. The molecule has 1 aliphatic rings. The van der Waals surface area contributed by atoms with Crippen LogP contribution in [0.1, 0.15) is 30.5 Å². The van der Waals surface area contributed by atoms with E-state index in [0.29, 0.717) is 0 Å². The average molecular weight is 308 g/mol. The molecule has 1 aliphatic heterocycles. The molecule has 0 aliphatic carbocycles. The Balaban J connectivity index is 1.63. The van der Waals surface area contributed by atoms with Crippen molar-refractivity contribution in [2.45, 2.75) is 39.3 Å². The van der Waals surface area contributed by atoms with Gasteiger partial charge in [-0.15, -0.1) is 0 Å². The molecule has 0 aromatic heterocycles. The van der Waals surface area contributed by atoms with Crippen LogP contribution in [-0.4, -0.2) is 23.4 Å². The largest absolute Gasteiger partial charge is 0.374 e. The molecule has 2 aromatic rings. The Morgan fingerprint density at radius 2 is 1.83 bits per heavy atom. The van der Waals surface area contributed by atoms with Gasteiger partial charge in [-0.2, -0.15) is 0 Å². The molecule has 2 aromatic carbocycles. The zero-order valence-corrected chi connectivity index (χ0v) is 13.9. The van der Waals surface area contributed by atoms with Crippen LogP contribution in [0.5, 0.6) is 0 Å². The summed E-state index contributed by atoms with van der Waals surface area (Å²) >= 11 is 0. The molecule has 0 saturated carbocycles. The Labute approximate surface area is 138 Å². The van der Waals surface area contributed by atoms with Gasteiger partial charge in [0.25, 0.3) is 0 Å². The van der Waals surface area contributed by atoms with Crippen molar-refractivity contribution in [3.8, 4) is 0 Å². The van der Waals surface area contributed by atoms with Crippen LogP contribution in [-0.2, 0) is 24.2 Å². The molecule has 3 nitrogen and oxygen atoms in total. The van der Waals surface area contributed by atoms with Gasteiger partial charge in [0, 0.05) is 18.8 Å². The van der Waals surface area contributed by atoms with Crippen molar-refractivity contribution < 1.29 is 4.79 Å². The smallest absolute Gasteiger partial charge is 0.245 e. The highest BCUT2D eigenvalue weighted by molar-refractivity contribution is 5.84. The lowest BCUT2D eigenvalue weighted by atomic mass is 9.99. The van der Waals surface area contributed by atoms with Crippen LogP contribution >= 0.6 is 0 Å². The summed E-state index contributed by atoms with van der Waals surface area (Å²) in [6, 6.07) is 16.5. The maximum Gasteiger partial charge on any atom is 0.245 e. The standard InChI is InChI=1S/C20H24N2O/c1-3-16-8-10-19(11-9-16)21-15(2)20(23)22-13-12-17-6-4-5-7-18(17)14-22/h4-11,15,21H,3,12-14H2,1-2H3. The van der Waals surface area contributed by atoms with Crippen LogP contribution in [0.25, 0.3) is 0 Å². The molecule has 0 bridgehead atoms. The second-order valence-electron chi connectivity index (χ2n) is 6.20. The molecule has 1 heterocycles. The molecule has 3 heteroatoms. The van der Waals surface area contributed by atoms with Crippen molar-refractivity contribution in [1.29, 1.82) is 0 Å². The first-order valence-corrected chi connectivity index (χ1v) is 8.38. The highest BCUT2D eigenvalue weighted by Gasteiger charge is 2.24. The Kier molecular flexibility index (Phi) is 4.65. The van der Waals surface area contributed by atoms with Gasteiger partial charge >= 0.3 is 0 Å². The van der Waals surface area contributed by atoms with Crippen molar-refractivity contribution in [1.82, 2.24) is 4.90 Å². The Morgan fingerprint density at radius 1 is 1.13 bits per heavy atom. The summed E-state index contributed by atoms with van der Waals surface area (Å²) in [6.07, 6.45) is 1.97. The first-order chi connectivity index (χ1) is 11.2. The van der Waals surface area contributed by atoms with Gasteiger partial charge in [-0.25, -0.2) is 0 Å². The topological polar surface area (TPSA) is 32.3 Å². The molecule has 23 heavy (non-hydrogen) atoms. The van der Waals surface area contributed by atoms with E-state index in [0.717, 1.165) is 31.6 Å². The predicted octanol–water partition coefficient (Wildman–Crippen LogP) is 3.63. The summed E-state index contributed by atoms with van der Waals surface area (Å²) in [7, 11) is 0. The highest BCUT2D eigenvalue weighted by atomic mass is 16.2. The third-order valence-corrected chi connectivity index (χ3v) is 4.56. The highest BCUT2D eigenvalue weighted by Crippen LogP contribution is 2.20. The first-order valence-electron chi connectivity index (χ1n) is 8.38. The average Bonchev–Trinajstić information content (AvgIpc) is 2.61. The number of rotatable bonds is 4. The monoisotopic (exact) mass is 308 g/mol. The summed E-state index contributed by atoms with van der Waals surface area (Å²) in [4.78, 5) is 14.7. The van der Waals surface area contributed by atoms with Gasteiger partial charge in [-0.3, -0.25) is 4.79 Å². The van der Waals surface area contributed by atoms with Gasteiger partial charge in [0.05, 0.1) is 0 Å². The lowest BCUT2D eigenvalue weighted by Crippen LogP contribution is -2.43. The SMILES string of the molecule is CCc1ccc(NC(C)C(=O)N2CCc3ccccc3C2)cc1. The number of amides is 1. The first kappa shape index (κ1) is 15.6. The summed E-state index contributed by atoms with van der Waals surface area (Å²) in [6.45, 7) is 5.60. The lowest BCUT2D eigenvalue weighted by molar-refractivity contribution is -0.132. The zero-order valence-electron chi connectivity index (χ0n) is 13.9. The number of fused-ring (bicyclic) bond motifs is 1. The molecule has 0 spiro atoms. The molecular formula is C20H24N2O. The number of nitrogens with one attached hydrogen (secondary N) is 1. The number of carbonyl (C=O) groups excluding carboxylic acids is 1. The molecule has 1 atom stereocenters. The third kappa shape index (κ3) is 3.55. The van der Waals surface area contributed by atoms with Gasteiger partial charge in [0.15, 0.2) is 0 Å². The van der Waals surface area contributed by atoms with Gasteiger partial charge < -0.3 is 10.2 Å². The van der Waals surface area contributed by atoms with Crippen molar-refractivity contribution in [3.63, 3.8) is 0 Å². The van der Waals surface area contributed by atoms with Crippen LogP contribution < -0.4 is 5.32 Å². The normalized spacial score (nSPS) is 15.0. The minimum Gasteiger partial charge on any atom is -0.374 e. The van der Waals surface area contributed by atoms with E-state index >= 15 is 0 Å². The number of nitrogens with zero attached hydrogens (tertiary/aromatic N) is 1. The van der Waals surface area contributed by atoms with Gasteiger partial charge in [-0.1, -0.05) is 43.3 Å². The molecular weight excluding hydrogens is 284 g/mol. The van der Waals surface area contributed by atoms with E-state index in [-0.39, 0.29) is 11.9 Å². The van der Waals surface area contributed by atoms with Crippen LogP contribution in [0.3, 0.4) is 0 Å². The van der Waals surface area contributed by atoms with Crippen molar-refractivity contribution in [2.24, 2.45) is 0 Å². The third-order valence-electron chi connectivity index (χ3n) is 4.56. The Bertz CT molecular complexity index is 678. The van der Waals surface area contributed by atoms with Crippen molar-refractivity contribution >= 4 is 11.6 Å². The van der Waals surface area contributed by atoms with Crippen molar-refractivity contribution in [2.75, 3.05) is 11.9 Å². The quantitative estimate of drug-likeness (QED) is 0.935. The second-order valence-corrected chi connectivity index (χ2v) is 6.20. The summed E-state index contributed by atoms with van der Waals surface area (Å²) in [5.74, 6) is 0.166. The van der Waals surface area contributed by atoms with E-state index in [4.69, 9.17) is 0 Å². The van der Waals surface area contributed by atoms with E-state index in [1.807, 2.05) is 30.0 Å². The van der Waals surface area contributed by atoms with Gasteiger partial charge in [0.2, 0.25) is 5.91 Å². The van der Waals surface area contributed by atoms with Crippen molar-refractivity contribution in [3.05, 3.63) is 65.2 Å². The van der Waals surface area contributed by atoms with Gasteiger partial charge in [-0.05, 0) is 48.6 Å². The number of anilines is 1. The van der Waals surface area contributed by atoms with Gasteiger partial charge in [0.1, 0.15) is 6.04 Å². The molecule has 3 rings (SSSR count). The molecule has 0 fully saturated rings. The fraction of sp³-hybridized carbons (Fsp3) is 0.350. The predicted molar refractivity (Wildman–Crippen MR) is 94.5 cm³/mol. The number of benzene rings is 2. The van der Waals surface area contributed by atoms with Crippen LogP contribution in [0.15, 0.2) is 48.5 Å². The molecule has 0 radical (unpaired) electrons. The maximum atomic E-state index is 12.7. The Hall–Kier alpha value is -2.29. The van der Waals surface area contributed by atoms with E-state index in [1.54, 1.807) is 0 Å². The van der Waals surface area contributed by atoms with E-state index in [9.17, 15) is 4.79 Å². The van der Waals surface area contributed by atoms with E-state index < -0.39 is 0 Å². The summed E-state index contributed by atoms with van der Waals surface area (Å²) < 4.78 is 0. The van der Waals surface area contributed by atoms with E-state index in [2.05, 4.69) is 42.6 Å². The maximum absolute atomic E-state index is 12.7. The number of hydrogen-bond donors (Lipinski definition) is 1. The molecule has 1 unspecified atom stereocenters. The number of hydrogen-bond acceptors (Lipinski definition) is 2. The van der Waals surface area contributed by atoms with Crippen LogP contribution in [0, 0.1) is 0 Å². The van der Waals surface area contributed by atoms with E-state index in [1.165, 1.54) is 16.7 Å². The summed E-state index contributed by atoms with van der Waals surface area (Å²) in [5, 5.41) is 3.32. The van der Waals surface area contributed by atoms with Crippen LogP contribution in [0.4, 0.5) is 5.69 Å². The van der Waals surface area contributed by atoms with Crippen LogP contribution in [0.2, 0.25) is 0 Å². The molecule has 1 amide bonds. The number of aryl methyl sites for hydroxylation is 1. The Morgan fingerprint density at radius 3 is 2.52 bits per heavy atom. The fourth-order valence-electron chi connectivity index (χ4n) is 3.11. The minimum absolute atomic E-state index is 0.166.